The van der Waals surface area contributed by atoms with Crippen molar-refractivity contribution in [1.82, 2.24) is 0 Å². The zero-order valence-corrected chi connectivity index (χ0v) is 11.8. The van der Waals surface area contributed by atoms with E-state index >= 15 is 0 Å². The van der Waals surface area contributed by atoms with Gasteiger partial charge in [-0.2, -0.15) is 0 Å². The van der Waals surface area contributed by atoms with Crippen molar-refractivity contribution < 1.29 is 9.53 Å². The topological polar surface area (TPSA) is 26.3 Å². The van der Waals surface area contributed by atoms with Crippen molar-refractivity contribution in [3.05, 3.63) is 77.3 Å². The van der Waals surface area contributed by atoms with Crippen molar-refractivity contribution >= 4 is 17.6 Å². The third kappa shape index (κ3) is 3.97. The minimum Gasteiger partial charge on any atom is -0.423 e. The molecule has 0 bridgehead atoms. The molecule has 0 saturated carbocycles. The number of benzene rings is 2. The largest absolute Gasteiger partial charge is 0.423 e. The molecule has 2 nitrogen and oxygen atoms in total. The Morgan fingerprint density at radius 3 is 2.35 bits per heavy atom. The van der Waals surface area contributed by atoms with E-state index in [-0.39, 0.29) is 5.97 Å². The number of aryl methyl sites for hydroxylation is 1. The summed E-state index contributed by atoms with van der Waals surface area (Å²) in [6.45, 7) is 3.69. The summed E-state index contributed by atoms with van der Waals surface area (Å²) in [6, 6.07) is 14.1. The van der Waals surface area contributed by atoms with Gasteiger partial charge in [0.15, 0.2) is 0 Å². The molecular weight excluding hydrogens is 272 g/mol. The van der Waals surface area contributed by atoms with Crippen molar-refractivity contribution in [3.63, 3.8) is 0 Å². The molecule has 0 aliphatic rings. The smallest absolute Gasteiger partial charge is 0.343 e. The lowest BCUT2D eigenvalue weighted by atomic mass is 10.1. The fourth-order valence-electron chi connectivity index (χ4n) is 1.74. The first-order valence-electron chi connectivity index (χ1n) is 6.36. The van der Waals surface area contributed by atoms with Gasteiger partial charge in [0, 0.05) is 5.02 Å². The van der Waals surface area contributed by atoms with Gasteiger partial charge in [-0.05, 0) is 54.8 Å². The minimum atomic E-state index is -0.373. The third-order valence-electron chi connectivity index (χ3n) is 2.85. The van der Waals surface area contributed by atoms with Crippen LogP contribution in [0.5, 0.6) is 5.75 Å². The van der Waals surface area contributed by atoms with Gasteiger partial charge < -0.3 is 4.74 Å². The maximum atomic E-state index is 12.0. The van der Waals surface area contributed by atoms with E-state index in [1.165, 1.54) is 5.56 Å². The summed E-state index contributed by atoms with van der Waals surface area (Å²) >= 11 is 5.78. The van der Waals surface area contributed by atoms with Crippen LogP contribution in [-0.4, -0.2) is 5.97 Å². The Morgan fingerprint density at radius 1 is 1.10 bits per heavy atom. The molecule has 0 N–H and O–H groups in total. The van der Waals surface area contributed by atoms with Crippen LogP contribution in [0.3, 0.4) is 0 Å². The lowest BCUT2D eigenvalue weighted by Crippen LogP contribution is -2.08. The summed E-state index contributed by atoms with van der Waals surface area (Å²) in [4.78, 5) is 12.0. The molecule has 2 aromatic carbocycles. The summed E-state index contributed by atoms with van der Waals surface area (Å²) in [6.07, 6.45) is 3.73. The van der Waals surface area contributed by atoms with E-state index in [4.69, 9.17) is 16.3 Å². The third-order valence-corrected chi connectivity index (χ3v) is 3.10. The summed E-state index contributed by atoms with van der Waals surface area (Å²) in [5.74, 6) is 0.109. The van der Waals surface area contributed by atoms with Crippen molar-refractivity contribution in [2.45, 2.75) is 12.8 Å². The Bertz CT molecular complexity index is 585. The van der Waals surface area contributed by atoms with Crippen LogP contribution in [0.15, 0.2) is 61.2 Å². The summed E-state index contributed by atoms with van der Waals surface area (Å²) in [7, 11) is 0. The van der Waals surface area contributed by atoms with Gasteiger partial charge in [-0.25, -0.2) is 4.79 Å². The second kappa shape index (κ2) is 6.92. The van der Waals surface area contributed by atoms with Crippen LogP contribution in [0.2, 0.25) is 5.02 Å². The van der Waals surface area contributed by atoms with Gasteiger partial charge >= 0.3 is 5.97 Å². The fraction of sp³-hybridized carbons (Fsp3) is 0.118. The first-order valence-corrected chi connectivity index (χ1v) is 6.74. The van der Waals surface area contributed by atoms with Crippen LogP contribution in [0.4, 0.5) is 0 Å². The average molecular weight is 287 g/mol. The molecule has 0 fully saturated rings. The number of esters is 1. The molecule has 0 aliphatic heterocycles. The molecule has 0 radical (unpaired) electrons. The number of carbonyl (C=O) groups is 1. The van der Waals surface area contributed by atoms with Gasteiger partial charge in [0.2, 0.25) is 0 Å². The highest BCUT2D eigenvalue weighted by Gasteiger charge is 2.08. The number of rotatable bonds is 5. The Labute approximate surface area is 123 Å². The second-order valence-electron chi connectivity index (χ2n) is 4.37. The van der Waals surface area contributed by atoms with Crippen molar-refractivity contribution in [1.29, 1.82) is 0 Å². The van der Waals surface area contributed by atoms with Crippen molar-refractivity contribution in [2.75, 3.05) is 0 Å². The number of ether oxygens (including phenoxy) is 1. The molecule has 0 amide bonds. The minimum absolute atomic E-state index is 0.373. The van der Waals surface area contributed by atoms with Crippen LogP contribution in [-0.2, 0) is 6.42 Å². The van der Waals surface area contributed by atoms with Gasteiger partial charge in [-0.15, -0.1) is 6.58 Å². The molecule has 102 valence electrons. The van der Waals surface area contributed by atoms with Crippen LogP contribution in [0.25, 0.3) is 0 Å². The zero-order valence-electron chi connectivity index (χ0n) is 11.0. The Kier molecular flexibility index (Phi) is 4.97. The molecule has 0 unspecified atom stereocenters. The number of halogens is 1. The predicted octanol–water partition coefficient (Wildman–Crippen LogP) is 4.68. The first kappa shape index (κ1) is 14.4. The quantitative estimate of drug-likeness (QED) is 0.453. The number of carbonyl (C=O) groups excluding carboxylic acids is 1. The molecule has 0 saturated heterocycles. The first-order chi connectivity index (χ1) is 9.69. The number of allylic oxidation sites excluding steroid dienone is 1. The SMILES string of the molecule is C=CCCc1ccc(C(=O)Oc2ccc(Cl)cc2)cc1. The molecule has 2 aromatic rings. The van der Waals surface area contributed by atoms with E-state index < -0.39 is 0 Å². The van der Waals surface area contributed by atoms with Crippen LogP contribution < -0.4 is 4.74 Å². The average Bonchev–Trinajstić information content (AvgIpc) is 2.48. The fourth-order valence-corrected chi connectivity index (χ4v) is 1.87. The highest BCUT2D eigenvalue weighted by atomic mass is 35.5. The maximum absolute atomic E-state index is 12.0. The van der Waals surface area contributed by atoms with Crippen LogP contribution in [0.1, 0.15) is 22.3 Å². The Hall–Kier alpha value is -2.06. The standard InChI is InChI=1S/C17H15ClO2/c1-2-3-4-13-5-7-14(8-6-13)17(19)20-16-11-9-15(18)10-12-16/h2,5-12H,1,3-4H2. The van der Waals surface area contributed by atoms with E-state index in [1.807, 2.05) is 18.2 Å². The molecule has 0 atom stereocenters. The summed E-state index contributed by atoms with van der Waals surface area (Å²) < 4.78 is 5.26. The van der Waals surface area contributed by atoms with Gasteiger partial charge in [0.05, 0.1) is 5.56 Å². The number of hydrogen-bond donors (Lipinski definition) is 0. The van der Waals surface area contributed by atoms with Gasteiger partial charge in [0.1, 0.15) is 5.75 Å². The van der Waals surface area contributed by atoms with Gasteiger partial charge in [-0.1, -0.05) is 29.8 Å². The lowest BCUT2D eigenvalue weighted by Gasteiger charge is -2.05. The number of hydrogen-bond acceptors (Lipinski definition) is 2. The lowest BCUT2D eigenvalue weighted by molar-refractivity contribution is 0.0735. The van der Waals surface area contributed by atoms with E-state index in [2.05, 4.69) is 6.58 Å². The van der Waals surface area contributed by atoms with Crippen molar-refractivity contribution in [3.8, 4) is 5.75 Å². The summed E-state index contributed by atoms with van der Waals surface area (Å²) in [5.41, 5.74) is 1.70. The Balaban J connectivity index is 2.01. The van der Waals surface area contributed by atoms with Gasteiger partial charge in [0.25, 0.3) is 0 Å². The zero-order chi connectivity index (χ0) is 14.4. The molecule has 0 spiro atoms. The molecule has 2 rings (SSSR count). The molecule has 0 aliphatic carbocycles. The normalized spacial score (nSPS) is 10.1. The van der Waals surface area contributed by atoms with E-state index in [1.54, 1.807) is 36.4 Å². The van der Waals surface area contributed by atoms with E-state index in [9.17, 15) is 4.79 Å². The maximum Gasteiger partial charge on any atom is 0.343 e. The van der Waals surface area contributed by atoms with Gasteiger partial charge in [-0.3, -0.25) is 0 Å². The van der Waals surface area contributed by atoms with Crippen LogP contribution >= 0.6 is 11.6 Å². The monoisotopic (exact) mass is 286 g/mol. The predicted molar refractivity (Wildman–Crippen MR) is 81.4 cm³/mol. The highest BCUT2D eigenvalue weighted by Crippen LogP contribution is 2.17. The van der Waals surface area contributed by atoms with E-state index in [0.717, 1.165) is 12.8 Å². The molecule has 20 heavy (non-hydrogen) atoms. The highest BCUT2D eigenvalue weighted by molar-refractivity contribution is 6.30. The Morgan fingerprint density at radius 2 is 1.75 bits per heavy atom. The summed E-state index contributed by atoms with van der Waals surface area (Å²) in [5, 5.41) is 0.608. The molecule has 0 aromatic heterocycles. The van der Waals surface area contributed by atoms with Crippen molar-refractivity contribution in [2.24, 2.45) is 0 Å². The van der Waals surface area contributed by atoms with E-state index in [0.29, 0.717) is 16.3 Å². The molecule has 3 heteroatoms. The molecule has 0 heterocycles. The second-order valence-corrected chi connectivity index (χ2v) is 4.80. The van der Waals surface area contributed by atoms with Crippen LogP contribution in [0, 0.1) is 0 Å². The molecular formula is C17H15ClO2.